The van der Waals surface area contributed by atoms with E-state index >= 15 is 0 Å². The molecule has 0 spiro atoms. The van der Waals surface area contributed by atoms with Crippen molar-refractivity contribution in [1.82, 2.24) is 0 Å². The molecule has 0 amide bonds. The summed E-state index contributed by atoms with van der Waals surface area (Å²) in [6, 6.07) is 2.03. The smallest absolute Gasteiger partial charge is 0.337 e. The lowest BCUT2D eigenvalue weighted by Crippen LogP contribution is -2.14. The fraction of sp³-hybridized carbons (Fsp3) is 0. The number of aromatic carboxylic acids is 1. The number of nitrogen functional groups attached to an aromatic ring is 1. The van der Waals surface area contributed by atoms with Crippen molar-refractivity contribution in [3.05, 3.63) is 22.7 Å². The number of carboxylic acids is 1. The second kappa shape index (κ2) is 3.69. The Morgan fingerprint density at radius 1 is 1.40 bits per heavy atom. The van der Waals surface area contributed by atoms with Crippen molar-refractivity contribution in [3.8, 4) is 0 Å². The first kappa shape index (κ1) is 11.8. The molecule has 0 saturated heterocycles. The molecule has 15 heavy (non-hydrogen) atoms. The molecule has 82 valence electrons. The number of carboxylic acid groups (broad SMARTS) is 1. The number of carbonyl (C=O) groups is 1. The number of rotatable bonds is 2. The summed E-state index contributed by atoms with van der Waals surface area (Å²) in [5, 5.41) is 13.1. The van der Waals surface area contributed by atoms with Gasteiger partial charge in [-0.2, -0.15) is 0 Å². The first-order valence-corrected chi connectivity index (χ1v) is 5.51. The first-order valence-electron chi connectivity index (χ1n) is 3.59. The number of halogens is 1. The SMILES string of the molecule is Nc1c(C(=O)O)ccc(S(N)(=O)=O)c1Cl. The molecule has 0 radical (unpaired) electrons. The molecule has 0 bridgehead atoms. The fourth-order valence-electron chi connectivity index (χ4n) is 0.979. The van der Waals surface area contributed by atoms with Crippen molar-refractivity contribution in [2.24, 2.45) is 5.14 Å². The van der Waals surface area contributed by atoms with Gasteiger partial charge in [0.2, 0.25) is 10.0 Å². The average Bonchev–Trinajstić information content (AvgIpc) is 2.06. The number of nitrogens with two attached hydrogens (primary N) is 2. The van der Waals surface area contributed by atoms with E-state index in [9.17, 15) is 13.2 Å². The Morgan fingerprint density at radius 3 is 2.33 bits per heavy atom. The Balaban J connectivity index is 3.55. The molecule has 0 aliphatic rings. The van der Waals surface area contributed by atoms with Gasteiger partial charge in [-0.1, -0.05) is 11.6 Å². The van der Waals surface area contributed by atoms with E-state index in [4.69, 9.17) is 27.6 Å². The molecule has 0 aliphatic heterocycles. The van der Waals surface area contributed by atoms with Crippen molar-refractivity contribution < 1.29 is 18.3 Å². The van der Waals surface area contributed by atoms with Crippen LogP contribution in [0.1, 0.15) is 10.4 Å². The van der Waals surface area contributed by atoms with Crippen LogP contribution in [0, 0.1) is 0 Å². The molecule has 8 heteroatoms. The summed E-state index contributed by atoms with van der Waals surface area (Å²) in [6.45, 7) is 0. The van der Waals surface area contributed by atoms with Crippen molar-refractivity contribution in [3.63, 3.8) is 0 Å². The third kappa shape index (κ3) is 2.20. The minimum atomic E-state index is -4.00. The van der Waals surface area contributed by atoms with Crippen LogP contribution < -0.4 is 10.9 Å². The van der Waals surface area contributed by atoms with Crippen LogP contribution in [-0.4, -0.2) is 19.5 Å². The summed E-state index contributed by atoms with van der Waals surface area (Å²) in [4.78, 5) is 10.2. The molecule has 0 heterocycles. The quantitative estimate of drug-likeness (QED) is 0.650. The number of sulfonamides is 1. The number of hydrogen-bond acceptors (Lipinski definition) is 4. The summed E-state index contributed by atoms with van der Waals surface area (Å²) < 4.78 is 22.0. The standard InChI is InChI=1S/C7H7ClN2O4S/c8-5-4(15(10,13)14)2-1-3(6(5)9)7(11)12/h1-2H,9H2,(H,11,12)(H2,10,13,14). The minimum absolute atomic E-state index is 0.271. The summed E-state index contributed by atoms with van der Waals surface area (Å²) in [5.41, 5.74) is 4.75. The highest BCUT2D eigenvalue weighted by atomic mass is 35.5. The van der Waals surface area contributed by atoms with Crippen LogP contribution in [-0.2, 0) is 10.0 Å². The van der Waals surface area contributed by atoms with Crippen LogP contribution in [0.2, 0.25) is 5.02 Å². The topological polar surface area (TPSA) is 123 Å². The molecule has 0 aromatic heterocycles. The van der Waals surface area contributed by atoms with Gasteiger partial charge in [0, 0.05) is 0 Å². The van der Waals surface area contributed by atoms with Gasteiger partial charge in [0.05, 0.1) is 16.3 Å². The largest absolute Gasteiger partial charge is 0.478 e. The van der Waals surface area contributed by atoms with Crippen molar-refractivity contribution in [1.29, 1.82) is 0 Å². The molecular formula is C7H7ClN2O4S. The zero-order valence-electron chi connectivity index (χ0n) is 7.27. The zero-order chi connectivity index (χ0) is 11.8. The number of primary sulfonamides is 1. The van der Waals surface area contributed by atoms with Crippen LogP contribution in [0.4, 0.5) is 5.69 Å². The Bertz CT molecular complexity index is 526. The lowest BCUT2D eigenvalue weighted by Gasteiger charge is -2.06. The van der Waals surface area contributed by atoms with E-state index in [1.165, 1.54) is 0 Å². The van der Waals surface area contributed by atoms with Crippen LogP contribution >= 0.6 is 11.6 Å². The van der Waals surface area contributed by atoms with Crippen LogP contribution in [0.25, 0.3) is 0 Å². The van der Waals surface area contributed by atoms with E-state index in [1.807, 2.05) is 0 Å². The lowest BCUT2D eigenvalue weighted by molar-refractivity contribution is 0.0698. The molecule has 5 N–H and O–H groups in total. The van der Waals surface area contributed by atoms with E-state index < -0.39 is 20.9 Å². The Morgan fingerprint density at radius 2 is 1.93 bits per heavy atom. The molecule has 6 nitrogen and oxygen atoms in total. The molecular weight excluding hydrogens is 244 g/mol. The number of anilines is 1. The van der Waals surface area contributed by atoms with E-state index in [-0.39, 0.29) is 16.3 Å². The lowest BCUT2D eigenvalue weighted by atomic mass is 10.2. The Labute approximate surface area is 90.5 Å². The summed E-state index contributed by atoms with van der Waals surface area (Å²) in [5.74, 6) is -1.30. The summed E-state index contributed by atoms with van der Waals surface area (Å²) >= 11 is 5.58. The second-order valence-electron chi connectivity index (χ2n) is 2.69. The molecule has 0 unspecified atom stereocenters. The monoisotopic (exact) mass is 250 g/mol. The third-order valence-corrected chi connectivity index (χ3v) is 3.15. The maximum atomic E-state index is 11.0. The van der Waals surface area contributed by atoms with Gasteiger partial charge in [0.1, 0.15) is 4.90 Å². The van der Waals surface area contributed by atoms with Crippen LogP contribution in [0.15, 0.2) is 17.0 Å². The van der Waals surface area contributed by atoms with Crippen molar-refractivity contribution >= 4 is 33.3 Å². The minimum Gasteiger partial charge on any atom is -0.478 e. The van der Waals surface area contributed by atoms with E-state index in [1.54, 1.807) is 0 Å². The molecule has 0 fully saturated rings. The maximum Gasteiger partial charge on any atom is 0.337 e. The van der Waals surface area contributed by atoms with Crippen LogP contribution in [0.5, 0.6) is 0 Å². The highest BCUT2D eigenvalue weighted by Gasteiger charge is 2.19. The van der Waals surface area contributed by atoms with Gasteiger partial charge in [0.25, 0.3) is 0 Å². The van der Waals surface area contributed by atoms with Crippen molar-refractivity contribution in [2.75, 3.05) is 5.73 Å². The molecule has 0 saturated carbocycles. The predicted molar refractivity (Wildman–Crippen MR) is 54.2 cm³/mol. The van der Waals surface area contributed by atoms with E-state index in [0.29, 0.717) is 0 Å². The molecule has 1 rings (SSSR count). The van der Waals surface area contributed by atoms with Crippen molar-refractivity contribution in [2.45, 2.75) is 4.90 Å². The highest BCUT2D eigenvalue weighted by molar-refractivity contribution is 7.89. The average molecular weight is 251 g/mol. The molecule has 0 aliphatic carbocycles. The third-order valence-electron chi connectivity index (χ3n) is 1.68. The zero-order valence-corrected chi connectivity index (χ0v) is 8.84. The molecule has 1 aromatic rings. The van der Waals surface area contributed by atoms with Gasteiger partial charge in [-0.05, 0) is 12.1 Å². The van der Waals surface area contributed by atoms with Gasteiger partial charge >= 0.3 is 5.97 Å². The highest BCUT2D eigenvalue weighted by Crippen LogP contribution is 2.29. The van der Waals surface area contributed by atoms with E-state index in [0.717, 1.165) is 12.1 Å². The molecule has 1 aromatic carbocycles. The molecule has 0 atom stereocenters. The van der Waals surface area contributed by atoms with Gasteiger partial charge in [-0.25, -0.2) is 18.4 Å². The maximum absolute atomic E-state index is 11.0. The number of benzene rings is 1. The second-order valence-corrected chi connectivity index (χ2v) is 4.60. The van der Waals surface area contributed by atoms with E-state index in [2.05, 4.69) is 0 Å². The van der Waals surface area contributed by atoms with Gasteiger partial charge in [0.15, 0.2) is 0 Å². The predicted octanol–water partition coefficient (Wildman–Crippen LogP) is 0.268. The van der Waals surface area contributed by atoms with Gasteiger partial charge in [-0.3, -0.25) is 0 Å². The summed E-state index contributed by atoms with van der Waals surface area (Å²) in [6.07, 6.45) is 0. The fourth-order valence-corrected chi connectivity index (χ4v) is 2.08. The van der Waals surface area contributed by atoms with Gasteiger partial charge < -0.3 is 10.8 Å². The first-order chi connectivity index (χ1) is 6.75. The van der Waals surface area contributed by atoms with Crippen LogP contribution in [0.3, 0.4) is 0 Å². The normalized spacial score (nSPS) is 11.3. The Kier molecular flexibility index (Phi) is 2.89. The summed E-state index contributed by atoms with van der Waals surface area (Å²) in [7, 11) is -4.00. The number of hydrogen-bond donors (Lipinski definition) is 3. The van der Waals surface area contributed by atoms with Gasteiger partial charge in [-0.15, -0.1) is 0 Å². The Hall–Kier alpha value is -1.31.